The van der Waals surface area contributed by atoms with Gasteiger partial charge in [0, 0.05) is 19.2 Å². The summed E-state index contributed by atoms with van der Waals surface area (Å²) in [5.41, 5.74) is 5.60. The maximum Gasteiger partial charge on any atom is 0.252 e. The van der Waals surface area contributed by atoms with Gasteiger partial charge < -0.3 is 11.1 Å². The van der Waals surface area contributed by atoms with Crippen LogP contribution in [-0.2, 0) is 0 Å². The van der Waals surface area contributed by atoms with Crippen LogP contribution in [0.3, 0.4) is 0 Å². The van der Waals surface area contributed by atoms with Crippen molar-refractivity contribution in [1.29, 1.82) is 0 Å². The van der Waals surface area contributed by atoms with E-state index in [0.717, 1.165) is 0 Å². The number of anilines is 1. The second-order valence-corrected chi connectivity index (χ2v) is 2.87. The van der Waals surface area contributed by atoms with Crippen molar-refractivity contribution in [2.75, 3.05) is 11.9 Å². The largest absolute Gasteiger partial charge is 0.368 e. The van der Waals surface area contributed by atoms with Gasteiger partial charge in [0.05, 0.1) is 5.56 Å². The van der Waals surface area contributed by atoms with E-state index < -0.39 is 5.91 Å². The maximum absolute atomic E-state index is 11.0. The van der Waals surface area contributed by atoms with E-state index in [1.54, 1.807) is 25.3 Å². The van der Waals surface area contributed by atoms with Gasteiger partial charge in [-0.2, -0.15) is 0 Å². The first-order valence-corrected chi connectivity index (χ1v) is 4.64. The van der Waals surface area contributed by atoms with E-state index in [1.165, 1.54) is 0 Å². The van der Waals surface area contributed by atoms with Crippen molar-refractivity contribution < 1.29 is 4.79 Å². The maximum atomic E-state index is 11.0. The molecule has 4 heteroatoms. The van der Waals surface area contributed by atoms with Gasteiger partial charge >= 0.3 is 0 Å². The van der Waals surface area contributed by atoms with Crippen molar-refractivity contribution in [2.45, 2.75) is 13.3 Å². The number of carbonyl (C=O) groups is 1. The van der Waals surface area contributed by atoms with Crippen LogP contribution in [0.2, 0.25) is 0 Å². The van der Waals surface area contributed by atoms with Gasteiger partial charge in [-0.1, -0.05) is 0 Å². The number of amides is 1. The minimum Gasteiger partial charge on any atom is -0.368 e. The van der Waals surface area contributed by atoms with Gasteiger partial charge in [0.25, 0.3) is 5.91 Å². The molecule has 0 fully saturated rings. The van der Waals surface area contributed by atoms with Gasteiger partial charge in [0.15, 0.2) is 0 Å². The SMILES string of the molecule is CC#CCCNc1ncccc1C(N)=O. The summed E-state index contributed by atoms with van der Waals surface area (Å²) in [5.74, 6) is 5.74. The van der Waals surface area contributed by atoms with E-state index in [1.807, 2.05) is 0 Å². The Hall–Kier alpha value is -2.02. The monoisotopic (exact) mass is 203 g/mol. The van der Waals surface area contributed by atoms with Crippen LogP contribution < -0.4 is 11.1 Å². The molecule has 0 unspecified atom stereocenters. The lowest BCUT2D eigenvalue weighted by Crippen LogP contribution is -2.15. The quantitative estimate of drug-likeness (QED) is 0.566. The first kappa shape index (κ1) is 11.1. The molecule has 0 radical (unpaired) electrons. The summed E-state index contributed by atoms with van der Waals surface area (Å²) in [6, 6.07) is 3.32. The topological polar surface area (TPSA) is 68.0 Å². The smallest absolute Gasteiger partial charge is 0.252 e. The predicted molar refractivity (Wildman–Crippen MR) is 59.3 cm³/mol. The zero-order valence-electron chi connectivity index (χ0n) is 8.58. The zero-order valence-corrected chi connectivity index (χ0v) is 8.58. The molecule has 15 heavy (non-hydrogen) atoms. The van der Waals surface area contributed by atoms with Gasteiger partial charge in [-0.3, -0.25) is 4.79 Å². The van der Waals surface area contributed by atoms with Crippen LogP contribution in [0, 0.1) is 11.8 Å². The fourth-order valence-electron chi connectivity index (χ4n) is 1.11. The fourth-order valence-corrected chi connectivity index (χ4v) is 1.11. The van der Waals surface area contributed by atoms with Gasteiger partial charge in [-0.15, -0.1) is 11.8 Å². The van der Waals surface area contributed by atoms with Crippen molar-refractivity contribution in [2.24, 2.45) is 5.73 Å². The number of hydrogen-bond acceptors (Lipinski definition) is 3. The molecular formula is C11H13N3O. The number of primary amides is 1. The molecular weight excluding hydrogens is 190 g/mol. The number of nitrogens with zero attached hydrogens (tertiary/aromatic N) is 1. The average molecular weight is 203 g/mol. The van der Waals surface area contributed by atoms with E-state index in [2.05, 4.69) is 22.1 Å². The van der Waals surface area contributed by atoms with Gasteiger partial charge in [-0.25, -0.2) is 4.98 Å². The molecule has 1 aromatic rings. The number of nitrogens with one attached hydrogen (secondary N) is 1. The first-order chi connectivity index (χ1) is 7.25. The molecule has 0 aliphatic rings. The number of hydrogen-bond donors (Lipinski definition) is 2. The van der Waals surface area contributed by atoms with Crippen molar-refractivity contribution in [3.63, 3.8) is 0 Å². The van der Waals surface area contributed by atoms with Crippen LogP contribution in [0.25, 0.3) is 0 Å². The molecule has 0 bridgehead atoms. The molecule has 0 atom stereocenters. The molecule has 0 aromatic carbocycles. The first-order valence-electron chi connectivity index (χ1n) is 4.64. The Morgan fingerprint density at radius 2 is 2.47 bits per heavy atom. The Labute approximate surface area is 88.9 Å². The van der Waals surface area contributed by atoms with Crippen LogP contribution in [0.1, 0.15) is 23.7 Å². The Balaban J connectivity index is 2.66. The number of carbonyl (C=O) groups excluding carboxylic acids is 1. The third-order valence-electron chi connectivity index (χ3n) is 1.79. The summed E-state index contributed by atoms with van der Waals surface area (Å²) >= 11 is 0. The third-order valence-corrected chi connectivity index (χ3v) is 1.79. The van der Waals surface area contributed by atoms with Crippen LogP contribution in [0.5, 0.6) is 0 Å². The van der Waals surface area contributed by atoms with E-state index in [9.17, 15) is 4.79 Å². The highest BCUT2D eigenvalue weighted by Gasteiger charge is 2.06. The van der Waals surface area contributed by atoms with Crippen LogP contribution in [0.4, 0.5) is 5.82 Å². The average Bonchev–Trinajstić information content (AvgIpc) is 2.25. The predicted octanol–water partition coefficient (Wildman–Crippen LogP) is 1.01. The molecule has 78 valence electrons. The van der Waals surface area contributed by atoms with Crippen molar-refractivity contribution >= 4 is 11.7 Å². The molecule has 1 aromatic heterocycles. The van der Waals surface area contributed by atoms with Crippen molar-refractivity contribution in [3.05, 3.63) is 23.9 Å². The minimum absolute atomic E-state index is 0.405. The summed E-state index contributed by atoms with van der Waals surface area (Å²) < 4.78 is 0. The third kappa shape index (κ3) is 3.31. The van der Waals surface area contributed by atoms with E-state index in [0.29, 0.717) is 24.3 Å². The highest BCUT2D eigenvalue weighted by Crippen LogP contribution is 2.09. The fraction of sp³-hybridized carbons (Fsp3) is 0.273. The second kappa shape index (κ2) is 5.66. The molecule has 0 saturated heterocycles. The number of rotatable bonds is 4. The Bertz CT molecular complexity index is 404. The number of pyridine rings is 1. The summed E-state index contributed by atoms with van der Waals surface area (Å²) in [6.45, 7) is 2.44. The van der Waals surface area contributed by atoms with Crippen LogP contribution in [0.15, 0.2) is 18.3 Å². The molecule has 0 aliphatic heterocycles. The number of nitrogens with two attached hydrogens (primary N) is 1. The van der Waals surface area contributed by atoms with E-state index in [4.69, 9.17) is 5.73 Å². The molecule has 0 saturated carbocycles. The van der Waals surface area contributed by atoms with E-state index in [-0.39, 0.29) is 0 Å². The molecule has 0 spiro atoms. The Morgan fingerprint density at radius 3 is 3.13 bits per heavy atom. The second-order valence-electron chi connectivity index (χ2n) is 2.87. The zero-order chi connectivity index (χ0) is 11.1. The summed E-state index contributed by atoms with van der Waals surface area (Å²) in [7, 11) is 0. The summed E-state index contributed by atoms with van der Waals surface area (Å²) in [4.78, 5) is 15.1. The van der Waals surface area contributed by atoms with Gasteiger partial charge in [-0.05, 0) is 19.1 Å². The molecule has 0 aliphatic carbocycles. The van der Waals surface area contributed by atoms with E-state index >= 15 is 0 Å². The Kier molecular flexibility index (Phi) is 4.17. The normalized spacial score (nSPS) is 8.87. The van der Waals surface area contributed by atoms with Gasteiger partial charge in [0.2, 0.25) is 0 Å². The lowest BCUT2D eigenvalue weighted by atomic mass is 10.2. The molecule has 3 N–H and O–H groups in total. The van der Waals surface area contributed by atoms with Gasteiger partial charge in [0.1, 0.15) is 5.82 Å². The molecule has 1 rings (SSSR count). The lowest BCUT2D eigenvalue weighted by Gasteiger charge is -2.06. The minimum atomic E-state index is -0.479. The highest BCUT2D eigenvalue weighted by atomic mass is 16.1. The summed E-state index contributed by atoms with van der Waals surface area (Å²) in [6.07, 6.45) is 2.32. The highest BCUT2D eigenvalue weighted by molar-refractivity contribution is 5.97. The lowest BCUT2D eigenvalue weighted by molar-refractivity contribution is 0.100. The van der Waals surface area contributed by atoms with Crippen LogP contribution in [-0.4, -0.2) is 17.4 Å². The number of aromatic nitrogens is 1. The summed E-state index contributed by atoms with van der Waals surface area (Å²) in [5, 5.41) is 3.01. The molecule has 1 heterocycles. The molecule has 1 amide bonds. The van der Waals surface area contributed by atoms with Crippen molar-refractivity contribution in [1.82, 2.24) is 4.98 Å². The van der Waals surface area contributed by atoms with Crippen molar-refractivity contribution in [3.8, 4) is 11.8 Å². The molecule has 4 nitrogen and oxygen atoms in total. The van der Waals surface area contributed by atoms with Crippen LogP contribution >= 0.6 is 0 Å². The Morgan fingerprint density at radius 1 is 1.67 bits per heavy atom. The standard InChI is InChI=1S/C11H13N3O/c1-2-3-4-7-13-11-9(10(12)15)6-5-8-14-11/h5-6,8H,4,7H2,1H3,(H2,12,15)(H,13,14).